The number of furan rings is 1. The first kappa shape index (κ1) is 22.8. The molecule has 1 aliphatic heterocycles. The normalized spacial score (nSPS) is 15.2. The van der Waals surface area contributed by atoms with Crippen LogP contribution in [0.25, 0.3) is 11.0 Å². The SMILES string of the molecule is CC.CC(c1ccc2ccoc2c1)c1cc(/N=C(/N)N2CCOCC2)on1.CS. The third-order valence-corrected chi connectivity index (χ3v) is 4.50. The van der Waals surface area contributed by atoms with E-state index in [1.165, 1.54) is 0 Å². The second-order valence-electron chi connectivity index (χ2n) is 6.10. The van der Waals surface area contributed by atoms with E-state index in [1.54, 1.807) is 12.5 Å². The van der Waals surface area contributed by atoms with Crippen LogP contribution in [0.3, 0.4) is 0 Å². The van der Waals surface area contributed by atoms with Gasteiger partial charge in [0.15, 0.2) is 5.96 Å². The van der Waals surface area contributed by atoms with Crippen molar-refractivity contribution in [3.8, 4) is 0 Å². The third-order valence-electron chi connectivity index (χ3n) is 4.50. The fourth-order valence-corrected chi connectivity index (χ4v) is 2.92. The van der Waals surface area contributed by atoms with Gasteiger partial charge in [0.1, 0.15) is 5.58 Å². The molecule has 1 unspecified atom stereocenters. The van der Waals surface area contributed by atoms with E-state index >= 15 is 0 Å². The van der Waals surface area contributed by atoms with Crippen molar-refractivity contribution >= 4 is 35.4 Å². The lowest BCUT2D eigenvalue weighted by atomic mass is 9.97. The monoisotopic (exact) mass is 418 g/mol. The zero-order valence-electron chi connectivity index (χ0n) is 17.5. The highest BCUT2D eigenvalue weighted by atomic mass is 32.1. The Kier molecular flexibility index (Phi) is 9.08. The summed E-state index contributed by atoms with van der Waals surface area (Å²) in [6.45, 7) is 8.85. The zero-order chi connectivity index (χ0) is 21.2. The Labute approximate surface area is 177 Å². The summed E-state index contributed by atoms with van der Waals surface area (Å²) < 4.78 is 16.1. The number of fused-ring (bicyclic) bond motifs is 1. The van der Waals surface area contributed by atoms with Gasteiger partial charge >= 0.3 is 0 Å². The Hall–Kier alpha value is -2.45. The molecular formula is C21H30N4O3S. The number of hydrogen-bond donors (Lipinski definition) is 2. The number of hydrogen-bond acceptors (Lipinski definition) is 6. The maximum atomic E-state index is 6.05. The molecule has 0 radical (unpaired) electrons. The van der Waals surface area contributed by atoms with Crippen molar-refractivity contribution < 1.29 is 13.7 Å². The molecule has 158 valence electrons. The molecule has 2 N–H and O–H groups in total. The molecule has 0 spiro atoms. The summed E-state index contributed by atoms with van der Waals surface area (Å²) >= 11 is 3.53. The molecule has 3 heterocycles. The summed E-state index contributed by atoms with van der Waals surface area (Å²) in [4.78, 5) is 6.31. The fourth-order valence-electron chi connectivity index (χ4n) is 2.92. The van der Waals surface area contributed by atoms with Crippen LogP contribution in [0.2, 0.25) is 0 Å². The van der Waals surface area contributed by atoms with Gasteiger partial charge < -0.3 is 24.3 Å². The van der Waals surface area contributed by atoms with Crippen LogP contribution in [0, 0.1) is 0 Å². The summed E-state index contributed by atoms with van der Waals surface area (Å²) in [5, 5.41) is 5.23. The Morgan fingerprint density at radius 1 is 1.17 bits per heavy atom. The van der Waals surface area contributed by atoms with Crippen molar-refractivity contribution in [2.75, 3.05) is 32.6 Å². The quantitative estimate of drug-likeness (QED) is 0.372. The third kappa shape index (κ3) is 5.77. The minimum Gasteiger partial charge on any atom is -0.464 e. The Morgan fingerprint density at radius 3 is 2.62 bits per heavy atom. The summed E-state index contributed by atoms with van der Waals surface area (Å²) in [6, 6.07) is 9.91. The molecule has 0 saturated carbocycles. The fraction of sp³-hybridized carbons (Fsp3) is 0.429. The summed E-state index contributed by atoms with van der Waals surface area (Å²) in [5.74, 6) is 0.896. The second kappa shape index (κ2) is 11.5. The zero-order valence-corrected chi connectivity index (χ0v) is 18.4. The van der Waals surface area contributed by atoms with Crippen molar-refractivity contribution in [3.05, 3.63) is 47.9 Å². The number of thiol groups is 1. The van der Waals surface area contributed by atoms with Crippen molar-refractivity contribution in [1.29, 1.82) is 0 Å². The standard InChI is InChI=1S/C18H20N4O3.C2H6.CH4S/c1-12(14-3-2-13-4-7-24-16(13)10-14)15-11-17(25-21-15)20-18(19)22-5-8-23-9-6-22;2*1-2/h2-4,7,10-12H,5-6,8-9H2,1H3,(H2,19,20);1-2H3;2H,1H3. The first-order chi connectivity index (χ1) is 14.2. The Bertz CT molecular complexity index is 900. The molecule has 1 atom stereocenters. The highest BCUT2D eigenvalue weighted by Crippen LogP contribution is 2.29. The van der Waals surface area contributed by atoms with E-state index in [-0.39, 0.29) is 5.92 Å². The number of ether oxygens (including phenoxy) is 1. The Balaban J connectivity index is 0.000000707. The van der Waals surface area contributed by atoms with E-state index in [9.17, 15) is 0 Å². The van der Waals surface area contributed by atoms with Crippen molar-refractivity contribution in [1.82, 2.24) is 10.1 Å². The maximum Gasteiger partial charge on any atom is 0.253 e. The van der Waals surface area contributed by atoms with Crippen LogP contribution in [0.5, 0.6) is 0 Å². The first-order valence-corrected chi connectivity index (χ1v) is 10.7. The molecular weight excluding hydrogens is 388 g/mol. The molecule has 0 bridgehead atoms. The van der Waals surface area contributed by atoms with Crippen molar-refractivity contribution in [2.24, 2.45) is 10.7 Å². The molecule has 2 aromatic heterocycles. The van der Waals surface area contributed by atoms with Gasteiger partial charge in [0.2, 0.25) is 0 Å². The average Bonchev–Trinajstić information content (AvgIpc) is 3.45. The molecule has 1 aliphatic rings. The number of benzene rings is 1. The van der Waals surface area contributed by atoms with Crippen LogP contribution < -0.4 is 5.73 Å². The molecule has 8 heteroatoms. The number of rotatable bonds is 3. The highest BCUT2D eigenvalue weighted by Gasteiger charge is 2.17. The molecule has 0 aliphatic carbocycles. The van der Waals surface area contributed by atoms with Crippen molar-refractivity contribution in [3.63, 3.8) is 0 Å². The van der Waals surface area contributed by atoms with E-state index in [4.69, 9.17) is 19.4 Å². The first-order valence-electron chi connectivity index (χ1n) is 9.76. The molecule has 1 fully saturated rings. The largest absolute Gasteiger partial charge is 0.464 e. The maximum absolute atomic E-state index is 6.05. The lowest BCUT2D eigenvalue weighted by Crippen LogP contribution is -2.44. The van der Waals surface area contributed by atoms with Crippen molar-refractivity contribution in [2.45, 2.75) is 26.7 Å². The van der Waals surface area contributed by atoms with Crippen LogP contribution in [0.15, 0.2) is 50.5 Å². The van der Waals surface area contributed by atoms with Gasteiger partial charge in [0.05, 0.1) is 25.2 Å². The topological polar surface area (TPSA) is 90.0 Å². The van der Waals surface area contributed by atoms with Crippen LogP contribution >= 0.6 is 12.6 Å². The van der Waals surface area contributed by atoms with Crippen LogP contribution in [0.4, 0.5) is 5.88 Å². The smallest absolute Gasteiger partial charge is 0.253 e. The van der Waals surface area contributed by atoms with Gasteiger partial charge in [-0.05, 0) is 24.0 Å². The number of guanidine groups is 1. The van der Waals surface area contributed by atoms with Gasteiger partial charge in [0.25, 0.3) is 5.88 Å². The van der Waals surface area contributed by atoms with Gasteiger partial charge in [-0.25, -0.2) is 0 Å². The predicted octanol–water partition coefficient (Wildman–Crippen LogP) is 4.42. The number of nitrogens with zero attached hydrogens (tertiary/aromatic N) is 3. The molecule has 4 rings (SSSR count). The molecule has 1 saturated heterocycles. The van der Waals surface area contributed by atoms with Gasteiger partial charge in [-0.3, -0.25) is 0 Å². The van der Waals surface area contributed by atoms with Gasteiger partial charge in [-0.15, -0.1) is 0 Å². The van der Waals surface area contributed by atoms with Crippen LogP contribution in [0.1, 0.15) is 37.9 Å². The van der Waals surface area contributed by atoms with Gasteiger partial charge in [-0.1, -0.05) is 38.1 Å². The highest BCUT2D eigenvalue weighted by molar-refractivity contribution is 7.79. The molecule has 1 aromatic carbocycles. The molecule has 0 amide bonds. The van der Waals surface area contributed by atoms with Crippen LogP contribution in [-0.2, 0) is 4.74 Å². The number of aromatic nitrogens is 1. The minimum absolute atomic E-state index is 0.0619. The van der Waals surface area contributed by atoms with E-state index < -0.39 is 0 Å². The van der Waals surface area contributed by atoms with E-state index in [1.807, 2.05) is 43.0 Å². The number of aliphatic imine (C=N–C) groups is 1. The summed E-state index contributed by atoms with van der Waals surface area (Å²) in [6.07, 6.45) is 3.39. The van der Waals surface area contributed by atoms with Crippen LogP contribution in [-0.4, -0.2) is 48.6 Å². The lowest BCUT2D eigenvalue weighted by Gasteiger charge is -2.27. The van der Waals surface area contributed by atoms with E-state index in [0.29, 0.717) is 25.1 Å². The second-order valence-corrected chi connectivity index (χ2v) is 6.10. The number of morpholine rings is 1. The Morgan fingerprint density at radius 2 is 1.90 bits per heavy atom. The lowest BCUT2D eigenvalue weighted by molar-refractivity contribution is 0.0675. The minimum atomic E-state index is 0.0619. The molecule has 29 heavy (non-hydrogen) atoms. The molecule has 7 nitrogen and oxygen atoms in total. The predicted molar refractivity (Wildman–Crippen MR) is 120 cm³/mol. The summed E-state index contributed by atoms with van der Waals surface area (Å²) in [7, 11) is 0. The molecule has 3 aromatic rings. The van der Waals surface area contributed by atoms with E-state index in [0.717, 1.165) is 35.3 Å². The average molecular weight is 419 g/mol. The number of nitrogens with two attached hydrogens (primary N) is 1. The van der Waals surface area contributed by atoms with Gasteiger partial charge in [0, 0.05) is 30.5 Å². The van der Waals surface area contributed by atoms with Gasteiger partial charge in [-0.2, -0.15) is 17.6 Å². The summed E-state index contributed by atoms with van der Waals surface area (Å²) in [5.41, 5.74) is 8.82. The van der Waals surface area contributed by atoms with E-state index in [2.05, 4.69) is 35.8 Å².